The van der Waals surface area contributed by atoms with Gasteiger partial charge in [0.25, 0.3) is 10.2 Å². The highest BCUT2D eigenvalue weighted by Gasteiger charge is 2.33. The van der Waals surface area contributed by atoms with Gasteiger partial charge in [0.2, 0.25) is 5.91 Å². The first-order valence-corrected chi connectivity index (χ1v) is 7.92. The summed E-state index contributed by atoms with van der Waals surface area (Å²) < 4.78 is 27.8. The van der Waals surface area contributed by atoms with E-state index < -0.39 is 10.2 Å². The van der Waals surface area contributed by atoms with Crippen molar-refractivity contribution in [1.29, 1.82) is 0 Å². The topological polar surface area (TPSA) is 60.9 Å². The molecule has 18 heavy (non-hydrogen) atoms. The van der Waals surface area contributed by atoms with Gasteiger partial charge in [-0.05, 0) is 12.8 Å². The molecule has 0 N–H and O–H groups in total. The second kappa shape index (κ2) is 5.54. The molecule has 2 aliphatic rings. The highest BCUT2D eigenvalue weighted by molar-refractivity contribution is 7.86. The van der Waals surface area contributed by atoms with Crippen LogP contribution in [0.3, 0.4) is 0 Å². The molecule has 2 saturated heterocycles. The molecule has 2 heterocycles. The number of carbonyl (C=O) groups is 1. The van der Waals surface area contributed by atoms with Gasteiger partial charge < -0.3 is 4.90 Å². The third kappa shape index (κ3) is 2.84. The van der Waals surface area contributed by atoms with Gasteiger partial charge >= 0.3 is 0 Å². The third-order valence-corrected chi connectivity index (χ3v) is 5.69. The van der Waals surface area contributed by atoms with Crippen LogP contribution < -0.4 is 0 Å². The maximum absolute atomic E-state index is 12.4. The largest absolute Gasteiger partial charge is 0.340 e. The quantitative estimate of drug-likeness (QED) is 0.706. The standard InChI is InChI=1S/C11H21N3O3S/c1-11(15)12-7-9-14(10-8-12)18(16,17)13-5-3-2-4-6-13/h2-10H2,1H3. The van der Waals surface area contributed by atoms with E-state index in [1.165, 1.54) is 11.2 Å². The van der Waals surface area contributed by atoms with Crippen molar-refractivity contribution >= 4 is 16.1 Å². The van der Waals surface area contributed by atoms with Crippen molar-refractivity contribution in [2.75, 3.05) is 39.3 Å². The zero-order valence-electron chi connectivity index (χ0n) is 10.8. The van der Waals surface area contributed by atoms with E-state index in [0.29, 0.717) is 39.3 Å². The normalized spacial score (nSPS) is 24.2. The molecule has 0 atom stereocenters. The molecule has 2 rings (SSSR count). The van der Waals surface area contributed by atoms with Crippen LogP contribution in [0.2, 0.25) is 0 Å². The number of amides is 1. The van der Waals surface area contributed by atoms with Gasteiger partial charge in [-0.2, -0.15) is 17.0 Å². The fourth-order valence-electron chi connectivity index (χ4n) is 2.49. The van der Waals surface area contributed by atoms with E-state index in [2.05, 4.69) is 0 Å². The Kier molecular flexibility index (Phi) is 4.24. The number of hydrogen-bond acceptors (Lipinski definition) is 3. The second-order valence-corrected chi connectivity index (χ2v) is 6.80. The van der Waals surface area contributed by atoms with Gasteiger partial charge in [-0.3, -0.25) is 4.79 Å². The lowest BCUT2D eigenvalue weighted by Gasteiger charge is -2.37. The van der Waals surface area contributed by atoms with Crippen molar-refractivity contribution in [1.82, 2.24) is 13.5 Å². The van der Waals surface area contributed by atoms with Gasteiger partial charge in [0.1, 0.15) is 0 Å². The summed E-state index contributed by atoms with van der Waals surface area (Å²) in [7, 11) is -3.31. The van der Waals surface area contributed by atoms with E-state index >= 15 is 0 Å². The zero-order valence-corrected chi connectivity index (χ0v) is 11.7. The molecule has 6 nitrogen and oxygen atoms in total. The second-order valence-electron chi connectivity index (χ2n) is 4.87. The first kappa shape index (κ1) is 13.8. The summed E-state index contributed by atoms with van der Waals surface area (Å²) in [6, 6.07) is 0. The van der Waals surface area contributed by atoms with Crippen molar-refractivity contribution in [2.45, 2.75) is 26.2 Å². The van der Waals surface area contributed by atoms with Crippen molar-refractivity contribution < 1.29 is 13.2 Å². The summed E-state index contributed by atoms with van der Waals surface area (Å²) in [6.45, 7) is 4.63. The summed E-state index contributed by atoms with van der Waals surface area (Å²) in [6.07, 6.45) is 3.02. The Morgan fingerprint density at radius 1 is 0.833 bits per heavy atom. The van der Waals surface area contributed by atoms with Gasteiger partial charge in [-0.25, -0.2) is 0 Å². The number of nitrogens with zero attached hydrogens (tertiary/aromatic N) is 3. The molecule has 1 amide bonds. The van der Waals surface area contributed by atoms with E-state index in [1.54, 1.807) is 9.21 Å². The van der Waals surface area contributed by atoms with E-state index in [4.69, 9.17) is 0 Å². The van der Waals surface area contributed by atoms with Crippen LogP contribution in [-0.4, -0.2) is 67.1 Å². The van der Waals surface area contributed by atoms with E-state index in [0.717, 1.165) is 19.3 Å². The van der Waals surface area contributed by atoms with Gasteiger partial charge in [0.15, 0.2) is 0 Å². The molecule has 0 radical (unpaired) electrons. The lowest BCUT2D eigenvalue weighted by atomic mass is 10.2. The van der Waals surface area contributed by atoms with Crippen LogP contribution in [0.5, 0.6) is 0 Å². The molecular formula is C11H21N3O3S. The van der Waals surface area contributed by atoms with Crippen LogP contribution in [0.15, 0.2) is 0 Å². The average molecular weight is 275 g/mol. The fraction of sp³-hybridized carbons (Fsp3) is 0.909. The maximum atomic E-state index is 12.4. The number of hydrogen-bond donors (Lipinski definition) is 0. The highest BCUT2D eigenvalue weighted by Crippen LogP contribution is 2.17. The lowest BCUT2D eigenvalue weighted by Crippen LogP contribution is -2.54. The minimum Gasteiger partial charge on any atom is -0.340 e. The number of carbonyl (C=O) groups excluding carboxylic acids is 1. The Hall–Kier alpha value is -0.660. The third-order valence-electron chi connectivity index (χ3n) is 3.65. The van der Waals surface area contributed by atoms with Gasteiger partial charge in [-0.1, -0.05) is 6.42 Å². The summed E-state index contributed by atoms with van der Waals surface area (Å²) >= 11 is 0. The Balaban J connectivity index is 1.97. The van der Waals surface area contributed by atoms with Gasteiger partial charge in [0, 0.05) is 46.2 Å². The van der Waals surface area contributed by atoms with Crippen molar-refractivity contribution in [3.63, 3.8) is 0 Å². The summed E-state index contributed by atoms with van der Waals surface area (Å²) in [4.78, 5) is 12.9. The predicted molar refractivity (Wildman–Crippen MR) is 68.2 cm³/mol. The van der Waals surface area contributed by atoms with Crippen LogP contribution in [0, 0.1) is 0 Å². The molecule has 0 saturated carbocycles. The Bertz CT molecular complexity index is 396. The highest BCUT2D eigenvalue weighted by atomic mass is 32.2. The van der Waals surface area contributed by atoms with Crippen molar-refractivity contribution in [3.8, 4) is 0 Å². The van der Waals surface area contributed by atoms with E-state index in [-0.39, 0.29) is 5.91 Å². The molecular weight excluding hydrogens is 254 g/mol. The SMILES string of the molecule is CC(=O)N1CCN(S(=O)(=O)N2CCCCC2)CC1. The fourth-order valence-corrected chi connectivity index (χ4v) is 4.16. The molecule has 0 aromatic heterocycles. The Morgan fingerprint density at radius 3 is 1.83 bits per heavy atom. The molecule has 0 bridgehead atoms. The molecule has 2 aliphatic heterocycles. The smallest absolute Gasteiger partial charge is 0.282 e. The van der Waals surface area contributed by atoms with Crippen LogP contribution in [0.4, 0.5) is 0 Å². The Morgan fingerprint density at radius 2 is 1.33 bits per heavy atom. The van der Waals surface area contributed by atoms with E-state index in [1.807, 2.05) is 0 Å². The number of piperazine rings is 1. The number of rotatable bonds is 2. The van der Waals surface area contributed by atoms with Crippen molar-refractivity contribution in [2.24, 2.45) is 0 Å². The Labute approximate surface area is 109 Å². The van der Waals surface area contributed by atoms with E-state index in [9.17, 15) is 13.2 Å². The average Bonchev–Trinajstić information content (AvgIpc) is 2.40. The minimum atomic E-state index is -3.31. The molecule has 7 heteroatoms. The molecule has 0 unspecified atom stereocenters. The molecule has 104 valence electrons. The van der Waals surface area contributed by atoms with Crippen molar-refractivity contribution in [3.05, 3.63) is 0 Å². The molecule has 0 aliphatic carbocycles. The zero-order chi connectivity index (χ0) is 13.2. The molecule has 0 spiro atoms. The van der Waals surface area contributed by atoms with Crippen LogP contribution in [-0.2, 0) is 15.0 Å². The molecule has 2 fully saturated rings. The maximum Gasteiger partial charge on any atom is 0.282 e. The predicted octanol–water partition coefficient (Wildman–Crippen LogP) is -0.119. The first-order chi connectivity index (χ1) is 8.51. The minimum absolute atomic E-state index is 0.0185. The molecule has 0 aromatic rings. The number of piperidine rings is 1. The van der Waals surface area contributed by atoms with Gasteiger partial charge in [0.05, 0.1) is 0 Å². The monoisotopic (exact) mass is 275 g/mol. The van der Waals surface area contributed by atoms with Crippen LogP contribution in [0.1, 0.15) is 26.2 Å². The molecule has 0 aromatic carbocycles. The van der Waals surface area contributed by atoms with Crippen LogP contribution >= 0.6 is 0 Å². The van der Waals surface area contributed by atoms with Gasteiger partial charge in [-0.15, -0.1) is 0 Å². The lowest BCUT2D eigenvalue weighted by molar-refractivity contribution is -0.130. The summed E-state index contributed by atoms with van der Waals surface area (Å²) in [5.74, 6) is 0.0185. The first-order valence-electron chi connectivity index (χ1n) is 6.52. The van der Waals surface area contributed by atoms with Crippen LogP contribution in [0.25, 0.3) is 0 Å². The summed E-state index contributed by atoms with van der Waals surface area (Å²) in [5.41, 5.74) is 0. The summed E-state index contributed by atoms with van der Waals surface area (Å²) in [5, 5.41) is 0.